The van der Waals surface area contributed by atoms with E-state index >= 15 is 0 Å². The van der Waals surface area contributed by atoms with E-state index in [1.165, 1.54) is 0 Å². The Morgan fingerprint density at radius 3 is 1.35 bits per heavy atom. The first-order valence-corrected chi connectivity index (χ1v) is 10.6. The maximum Gasteiger partial charge on any atom is 0.187 e. The zero-order valence-electron chi connectivity index (χ0n) is 17.7. The van der Waals surface area contributed by atoms with Gasteiger partial charge in [-0.15, -0.1) is 0 Å². The fourth-order valence-electron chi connectivity index (χ4n) is 4.06. The van der Waals surface area contributed by atoms with Crippen LogP contribution in [0.4, 0.5) is 0 Å². The summed E-state index contributed by atoms with van der Waals surface area (Å²) in [5.41, 5.74) is 0. The van der Waals surface area contributed by atoms with Gasteiger partial charge in [-0.25, -0.2) is 0 Å². The van der Waals surface area contributed by atoms with Crippen molar-refractivity contribution >= 4 is 0 Å². The number of rotatable bonds is 7. The van der Waals surface area contributed by atoms with E-state index in [2.05, 4.69) is 0 Å². The molecule has 0 aromatic heterocycles. The van der Waals surface area contributed by atoms with Crippen LogP contribution in [-0.2, 0) is 23.7 Å². The summed E-state index contributed by atoms with van der Waals surface area (Å²) in [6.07, 6.45) is -25.1. The molecule has 15 atom stereocenters. The van der Waals surface area contributed by atoms with Crippen LogP contribution in [0.25, 0.3) is 0 Å². The van der Waals surface area contributed by atoms with Gasteiger partial charge < -0.3 is 79.9 Å². The minimum absolute atomic E-state index is 0.741. The Morgan fingerprint density at radius 1 is 0.441 bits per heavy atom. The molecule has 16 heteroatoms. The quantitative estimate of drug-likeness (QED) is 0.154. The third-order valence-electron chi connectivity index (χ3n) is 6.09. The van der Waals surface area contributed by atoms with Crippen LogP contribution >= 0.6 is 0 Å². The lowest BCUT2D eigenvalue weighted by Gasteiger charge is -2.47. The van der Waals surface area contributed by atoms with Crippen molar-refractivity contribution in [3.63, 3.8) is 0 Å². The molecule has 3 fully saturated rings. The van der Waals surface area contributed by atoms with Crippen molar-refractivity contribution in [2.45, 2.75) is 92.1 Å². The molecule has 0 aliphatic carbocycles. The Hall–Kier alpha value is -0.640. The van der Waals surface area contributed by atoms with Crippen molar-refractivity contribution in [1.82, 2.24) is 0 Å². The van der Waals surface area contributed by atoms with Gasteiger partial charge in [-0.3, -0.25) is 0 Å². The van der Waals surface area contributed by atoms with Crippen molar-refractivity contribution in [1.29, 1.82) is 0 Å². The smallest absolute Gasteiger partial charge is 0.187 e. The number of ether oxygens (including phenoxy) is 5. The molecule has 3 heterocycles. The first-order chi connectivity index (χ1) is 16.0. The molecule has 3 aliphatic heterocycles. The highest BCUT2D eigenvalue weighted by atomic mass is 16.8. The van der Waals surface area contributed by atoms with Crippen LogP contribution in [0.3, 0.4) is 0 Å². The number of hydrogen-bond acceptors (Lipinski definition) is 16. The first-order valence-electron chi connectivity index (χ1n) is 10.6. The zero-order valence-corrected chi connectivity index (χ0v) is 17.7. The lowest BCUT2D eigenvalue weighted by molar-refractivity contribution is -0.377. The van der Waals surface area contributed by atoms with Crippen molar-refractivity contribution < 1.29 is 79.9 Å². The molecule has 3 rings (SSSR count). The summed E-state index contributed by atoms with van der Waals surface area (Å²) in [5, 5.41) is 109. The molecular formula is C18H32O16. The number of aliphatic hydroxyl groups is 11. The van der Waals surface area contributed by atoms with Crippen molar-refractivity contribution in [2.75, 3.05) is 19.8 Å². The van der Waals surface area contributed by atoms with Crippen molar-refractivity contribution in [2.24, 2.45) is 0 Å². The van der Waals surface area contributed by atoms with Gasteiger partial charge in [-0.2, -0.15) is 0 Å². The average Bonchev–Trinajstić information content (AvgIpc) is 2.83. The maximum absolute atomic E-state index is 10.6. The molecule has 0 amide bonds. The second kappa shape index (κ2) is 11.6. The third-order valence-corrected chi connectivity index (χ3v) is 6.09. The van der Waals surface area contributed by atoms with Crippen LogP contribution in [0.5, 0.6) is 0 Å². The molecular weight excluding hydrogens is 472 g/mol. The summed E-state index contributed by atoms with van der Waals surface area (Å²) >= 11 is 0. The molecule has 3 saturated heterocycles. The van der Waals surface area contributed by atoms with Crippen LogP contribution in [0, 0.1) is 0 Å². The highest BCUT2D eigenvalue weighted by Gasteiger charge is 2.53. The van der Waals surface area contributed by atoms with E-state index < -0.39 is 112 Å². The average molecular weight is 504 g/mol. The molecule has 0 aromatic rings. The van der Waals surface area contributed by atoms with E-state index in [1.54, 1.807) is 0 Å². The van der Waals surface area contributed by atoms with Crippen LogP contribution in [0.1, 0.15) is 0 Å². The lowest BCUT2D eigenvalue weighted by Crippen LogP contribution is -2.66. The molecule has 16 nitrogen and oxygen atoms in total. The molecule has 0 spiro atoms. The summed E-state index contributed by atoms with van der Waals surface area (Å²) in [6, 6.07) is 0. The van der Waals surface area contributed by atoms with Gasteiger partial charge in [0.15, 0.2) is 18.9 Å². The topological polar surface area (TPSA) is 269 Å². The van der Waals surface area contributed by atoms with Gasteiger partial charge in [0.2, 0.25) is 0 Å². The van der Waals surface area contributed by atoms with E-state index in [4.69, 9.17) is 23.7 Å². The molecule has 0 aromatic carbocycles. The molecule has 0 bridgehead atoms. The molecule has 0 radical (unpaired) electrons. The van der Waals surface area contributed by atoms with Crippen molar-refractivity contribution in [3.05, 3.63) is 0 Å². The van der Waals surface area contributed by atoms with E-state index in [-0.39, 0.29) is 0 Å². The predicted molar refractivity (Wildman–Crippen MR) is 101 cm³/mol. The third kappa shape index (κ3) is 5.37. The highest BCUT2D eigenvalue weighted by Crippen LogP contribution is 2.32. The van der Waals surface area contributed by atoms with E-state index in [0.29, 0.717) is 0 Å². The van der Waals surface area contributed by atoms with Gasteiger partial charge in [0.05, 0.1) is 19.8 Å². The summed E-state index contributed by atoms with van der Waals surface area (Å²) in [7, 11) is 0. The van der Waals surface area contributed by atoms with E-state index in [1.807, 2.05) is 0 Å². The maximum atomic E-state index is 10.6. The zero-order chi connectivity index (χ0) is 25.3. The van der Waals surface area contributed by atoms with Gasteiger partial charge in [0, 0.05) is 0 Å². The minimum atomic E-state index is -1.91. The first kappa shape index (κ1) is 27.9. The second-order valence-electron chi connectivity index (χ2n) is 8.33. The van der Waals surface area contributed by atoms with E-state index in [9.17, 15) is 56.2 Å². The summed E-state index contributed by atoms with van der Waals surface area (Å²) in [5.74, 6) is 0. The summed E-state index contributed by atoms with van der Waals surface area (Å²) < 4.78 is 26.4. The SMILES string of the molecule is OC[C@H]1O[C@@H](O[C@H]2[C@H](O)[C@H](O)[C@H](O[C@H]3[C@H](O)[C@@H](O)C(O)O[C@@H]3CO)O[C@@H]2CO)[C@H](O)[C@@H](O)[C@@H]1O. The van der Waals surface area contributed by atoms with Gasteiger partial charge in [-0.1, -0.05) is 0 Å². The van der Waals surface area contributed by atoms with Gasteiger partial charge in [0.1, 0.15) is 73.2 Å². The molecule has 34 heavy (non-hydrogen) atoms. The Bertz CT molecular complexity index is 635. The normalized spacial score (nSPS) is 52.5. The molecule has 3 aliphatic rings. The largest absolute Gasteiger partial charge is 0.394 e. The standard InChI is InChI=1S/C18H32O16/c19-1-4-7(22)8(23)12(27)17(31-4)34-15-6(3-21)32-18(13(28)10(15)25)33-14-5(2-20)30-16(29)11(26)9(14)24/h4-29H,1-3H2/t4-,5-,6-,7-,8+,9-,10-,11-,12-,13+,14-,15-,16?,17+,18+/m1/s1. The molecule has 0 saturated carbocycles. The molecule has 1 unspecified atom stereocenters. The Morgan fingerprint density at radius 2 is 0.853 bits per heavy atom. The minimum Gasteiger partial charge on any atom is -0.394 e. The second-order valence-corrected chi connectivity index (χ2v) is 8.33. The fourth-order valence-corrected chi connectivity index (χ4v) is 4.06. The molecule has 11 N–H and O–H groups in total. The predicted octanol–water partition coefficient (Wildman–Crippen LogP) is -7.57. The van der Waals surface area contributed by atoms with E-state index in [0.717, 1.165) is 0 Å². The number of aliphatic hydroxyl groups excluding tert-OH is 11. The van der Waals surface area contributed by atoms with Gasteiger partial charge >= 0.3 is 0 Å². The highest BCUT2D eigenvalue weighted by molar-refractivity contribution is 4.96. The van der Waals surface area contributed by atoms with Crippen molar-refractivity contribution in [3.8, 4) is 0 Å². The number of hydrogen-bond donors (Lipinski definition) is 11. The van der Waals surface area contributed by atoms with Crippen LogP contribution < -0.4 is 0 Å². The van der Waals surface area contributed by atoms with Crippen LogP contribution in [-0.4, -0.2) is 168 Å². The fraction of sp³-hybridized carbons (Fsp3) is 1.00. The van der Waals surface area contributed by atoms with Crippen LogP contribution in [0.15, 0.2) is 0 Å². The van der Waals surface area contributed by atoms with Gasteiger partial charge in [0.25, 0.3) is 0 Å². The van der Waals surface area contributed by atoms with Gasteiger partial charge in [-0.05, 0) is 0 Å². The lowest BCUT2D eigenvalue weighted by atomic mass is 9.96. The monoisotopic (exact) mass is 504 g/mol. The summed E-state index contributed by atoms with van der Waals surface area (Å²) in [6.45, 7) is -2.32. The Balaban J connectivity index is 1.72. The molecule has 200 valence electrons. The Kier molecular flexibility index (Phi) is 9.54. The Labute approximate surface area is 192 Å². The summed E-state index contributed by atoms with van der Waals surface area (Å²) in [4.78, 5) is 0. The van der Waals surface area contributed by atoms with Crippen LogP contribution in [0.2, 0.25) is 0 Å².